The average Bonchev–Trinajstić information content (AvgIpc) is 2.98. The van der Waals surface area contributed by atoms with Gasteiger partial charge in [0.05, 0.1) is 18.8 Å². The SMILES string of the molecule is CN=C(NCCN1C(=O)CNC1=O)NCc1nc(C)c(C)s1.I. The molecule has 128 valence electrons. The van der Waals surface area contributed by atoms with Crippen molar-refractivity contribution >= 4 is 53.2 Å². The molecule has 1 aliphatic rings. The van der Waals surface area contributed by atoms with Crippen LogP contribution in [0.1, 0.15) is 15.6 Å². The molecule has 1 aromatic heterocycles. The Kier molecular flexibility index (Phi) is 7.68. The second kappa shape index (κ2) is 9.01. The van der Waals surface area contributed by atoms with E-state index < -0.39 is 0 Å². The molecule has 1 aromatic rings. The smallest absolute Gasteiger partial charge is 0.324 e. The Labute approximate surface area is 156 Å². The number of carbonyl (C=O) groups is 2. The Morgan fingerprint density at radius 1 is 1.39 bits per heavy atom. The molecular weight excluding hydrogens is 431 g/mol. The van der Waals surface area contributed by atoms with Gasteiger partial charge >= 0.3 is 6.03 Å². The predicted octanol–water partition coefficient (Wildman–Crippen LogP) is 0.595. The van der Waals surface area contributed by atoms with Gasteiger partial charge in [-0.25, -0.2) is 9.78 Å². The maximum absolute atomic E-state index is 11.4. The topological polar surface area (TPSA) is 98.7 Å². The van der Waals surface area contributed by atoms with Crippen LogP contribution in [0.2, 0.25) is 0 Å². The minimum Gasteiger partial charge on any atom is -0.355 e. The Balaban J connectivity index is 0.00000264. The van der Waals surface area contributed by atoms with Crippen molar-refractivity contribution in [2.45, 2.75) is 20.4 Å². The highest BCUT2D eigenvalue weighted by Gasteiger charge is 2.27. The van der Waals surface area contributed by atoms with Gasteiger partial charge in [-0.1, -0.05) is 0 Å². The molecule has 0 spiro atoms. The lowest BCUT2D eigenvalue weighted by Crippen LogP contribution is -2.43. The van der Waals surface area contributed by atoms with E-state index in [0.29, 0.717) is 25.6 Å². The van der Waals surface area contributed by atoms with Gasteiger partial charge in [-0.15, -0.1) is 35.3 Å². The van der Waals surface area contributed by atoms with E-state index in [2.05, 4.69) is 25.9 Å². The second-order valence-corrected chi connectivity index (χ2v) is 6.09. The van der Waals surface area contributed by atoms with Crippen LogP contribution in [0.4, 0.5) is 4.79 Å². The van der Waals surface area contributed by atoms with Crippen molar-refractivity contribution in [2.24, 2.45) is 4.99 Å². The molecule has 10 heteroatoms. The molecule has 0 saturated carbocycles. The van der Waals surface area contributed by atoms with E-state index in [1.807, 2.05) is 13.8 Å². The number of nitrogens with zero attached hydrogens (tertiary/aromatic N) is 3. The molecule has 3 N–H and O–H groups in total. The zero-order valence-corrected chi connectivity index (χ0v) is 16.4. The number of thiazole rings is 1. The van der Waals surface area contributed by atoms with Gasteiger partial charge in [0, 0.05) is 25.0 Å². The maximum Gasteiger partial charge on any atom is 0.324 e. The first-order valence-electron chi connectivity index (χ1n) is 6.97. The van der Waals surface area contributed by atoms with Gasteiger partial charge in [0.15, 0.2) is 5.96 Å². The fourth-order valence-electron chi connectivity index (χ4n) is 1.96. The molecule has 0 radical (unpaired) electrons. The predicted molar refractivity (Wildman–Crippen MR) is 100 cm³/mol. The Morgan fingerprint density at radius 3 is 2.65 bits per heavy atom. The molecular formula is C13H21IN6O2S. The van der Waals surface area contributed by atoms with Crippen molar-refractivity contribution < 1.29 is 9.59 Å². The molecule has 8 nitrogen and oxygen atoms in total. The zero-order valence-electron chi connectivity index (χ0n) is 13.3. The van der Waals surface area contributed by atoms with E-state index in [9.17, 15) is 9.59 Å². The number of amides is 3. The molecule has 1 fully saturated rings. The molecule has 23 heavy (non-hydrogen) atoms. The monoisotopic (exact) mass is 452 g/mol. The van der Waals surface area contributed by atoms with Crippen LogP contribution in [0.15, 0.2) is 4.99 Å². The van der Waals surface area contributed by atoms with Crippen LogP contribution in [0.25, 0.3) is 0 Å². The van der Waals surface area contributed by atoms with Crippen LogP contribution in [0.3, 0.4) is 0 Å². The average molecular weight is 452 g/mol. The van der Waals surface area contributed by atoms with Crippen molar-refractivity contribution in [2.75, 3.05) is 26.7 Å². The highest BCUT2D eigenvalue weighted by Crippen LogP contribution is 2.15. The number of rotatable bonds is 5. The van der Waals surface area contributed by atoms with Crippen LogP contribution in [0, 0.1) is 13.8 Å². The van der Waals surface area contributed by atoms with Crippen LogP contribution < -0.4 is 16.0 Å². The molecule has 0 aromatic carbocycles. The summed E-state index contributed by atoms with van der Waals surface area (Å²) in [6.45, 7) is 5.44. The molecule has 3 amide bonds. The number of hydrogen-bond acceptors (Lipinski definition) is 5. The summed E-state index contributed by atoms with van der Waals surface area (Å²) in [4.78, 5) is 33.8. The lowest BCUT2D eigenvalue weighted by Gasteiger charge is -2.15. The second-order valence-electron chi connectivity index (χ2n) is 4.81. The number of guanidine groups is 1. The highest BCUT2D eigenvalue weighted by atomic mass is 127. The van der Waals surface area contributed by atoms with Gasteiger partial charge in [-0.3, -0.25) is 14.7 Å². The van der Waals surface area contributed by atoms with Crippen molar-refractivity contribution in [1.29, 1.82) is 0 Å². The zero-order chi connectivity index (χ0) is 16.1. The van der Waals surface area contributed by atoms with Gasteiger partial charge in [0.25, 0.3) is 0 Å². The summed E-state index contributed by atoms with van der Waals surface area (Å²) in [5.41, 5.74) is 1.04. The Bertz CT molecular complexity index is 568. The van der Waals surface area contributed by atoms with E-state index in [-0.39, 0.29) is 42.5 Å². The molecule has 2 heterocycles. The number of carbonyl (C=O) groups excluding carboxylic acids is 2. The number of nitrogens with one attached hydrogen (secondary N) is 3. The van der Waals surface area contributed by atoms with Crippen LogP contribution >= 0.6 is 35.3 Å². The molecule has 0 aliphatic carbocycles. The van der Waals surface area contributed by atoms with Crippen molar-refractivity contribution in [1.82, 2.24) is 25.8 Å². The van der Waals surface area contributed by atoms with Crippen LogP contribution in [-0.4, -0.2) is 54.5 Å². The lowest BCUT2D eigenvalue weighted by atomic mass is 10.4. The maximum atomic E-state index is 11.4. The summed E-state index contributed by atoms with van der Waals surface area (Å²) in [6, 6.07) is -0.344. The van der Waals surface area contributed by atoms with E-state index in [0.717, 1.165) is 10.7 Å². The standard InChI is InChI=1S/C13H20N6O2S.HI/c1-8-9(2)22-10(18-8)6-16-12(14-3)15-4-5-19-11(20)7-17-13(19)21;/h4-7H2,1-3H3,(H,17,21)(H2,14,15,16);1H. The van der Waals surface area contributed by atoms with Crippen molar-refractivity contribution in [3.63, 3.8) is 0 Å². The summed E-state index contributed by atoms with van der Waals surface area (Å²) >= 11 is 1.65. The fraction of sp³-hybridized carbons (Fsp3) is 0.538. The molecule has 1 saturated heterocycles. The summed E-state index contributed by atoms with van der Waals surface area (Å²) in [7, 11) is 1.67. The minimum absolute atomic E-state index is 0. The number of imide groups is 1. The first kappa shape index (κ1) is 19.6. The van der Waals surface area contributed by atoms with Gasteiger partial charge in [0.1, 0.15) is 5.01 Å². The molecule has 0 atom stereocenters. The first-order valence-corrected chi connectivity index (χ1v) is 7.78. The minimum atomic E-state index is -0.344. The fourth-order valence-corrected chi connectivity index (χ4v) is 2.84. The third kappa shape index (κ3) is 5.30. The first-order chi connectivity index (χ1) is 10.5. The summed E-state index contributed by atoms with van der Waals surface area (Å²) in [5.74, 6) is 0.404. The summed E-state index contributed by atoms with van der Waals surface area (Å²) < 4.78 is 0. The normalized spacial score (nSPS) is 14.6. The number of halogens is 1. The third-order valence-corrected chi connectivity index (χ3v) is 4.34. The van der Waals surface area contributed by atoms with Gasteiger partial charge in [0.2, 0.25) is 5.91 Å². The molecule has 0 unspecified atom stereocenters. The van der Waals surface area contributed by atoms with Gasteiger partial charge in [-0.2, -0.15) is 0 Å². The number of hydrogen-bond donors (Lipinski definition) is 3. The molecule has 1 aliphatic heterocycles. The van der Waals surface area contributed by atoms with Crippen LogP contribution in [-0.2, 0) is 11.3 Å². The number of aliphatic imine (C=N–C) groups is 1. The summed E-state index contributed by atoms with van der Waals surface area (Å²) in [5, 5.41) is 9.70. The summed E-state index contributed by atoms with van der Waals surface area (Å²) in [6.07, 6.45) is 0. The Hall–Kier alpha value is -1.43. The largest absolute Gasteiger partial charge is 0.355 e. The van der Waals surface area contributed by atoms with Gasteiger partial charge < -0.3 is 16.0 Å². The van der Waals surface area contributed by atoms with E-state index >= 15 is 0 Å². The van der Waals surface area contributed by atoms with E-state index in [4.69, 9.17) is 0 Å². The van der Waals surface area contributed by atoms with Gasteiger partial charge in [-0.05, 0) is 13.8 Å². The number of urea groups is 1. The molecule has 0 bridgehead atoms. The van der Waals surface area contributed by atoms with Crippen molar-refractivity contribution in [3.05, 3.63) is 15.6 Å². The highest BCUT2D eigenvalue weighted by molar-refractivity contribution is 14.0. The quantitative estimate of drug-likeness (QED) is 0.263. The van der Waals surface area contributed by atoms with E-state index in [1.54, 1.807) is 18.4 Å². The van der Waals surface area contributed by atoms with Crippen LogP contribution in [0.5, 0.6) is 0 Å². The number of aromatic nitrogens is 1. The van der Waals surface area contributed by atoms with E-state index in [1.165, 1.54) is 9.78 Å². The molecule has 2 rings (SSSR count). The lowest BCUT2D eigenvalue weighted by molar-refractivity contribution is -0.124. The Morgan fingerprint density at radius 2 is 2.13 bits per heavy atom. The third-order valence-electron chi connectivity index (χ3n) is 3.27. The van der Waals surface area contributed by atoms with Crippen molar-refractivity contribution in [3.8, 4) is 0 Å². The number of aryl methyl sites for hydroxylation is 2.